The van der Waals surface area contributed by atoms with Crippen LogP contribution in [0.15, 0.2) is 0 Å². The summed E-state index contributed by atoms with van der Waals surface area (Å²) in [5.41, 5.74) is 0. The standard InChI is InChI=1S/C9H19NO3S/c1-4-14-5-6(2)8(11)7(10-3)9(12)13/h6-8,10-11H,4-5H2,1-3H3,(H,12,13)/t6-,7-,8+/m0/s1. The second-order valence-electron chi connectivity index (χ2n) is 3.23. The second kappa shape index (κ2) is 7.09. The fraction of sp³-hybridized carbons (Fsp3) is 0.889. The van der Waals surface area contributed by atoms with Crippen molar-refractivity contribution in [3.8, 4) is 0 Å². The largest absolute Gasteiger partial charge is 0.480 e. The summed E-state index contributed by atoms with van der Waals surface area (Å²) in [6.07, 6.45) is -0.837. The van der Waals surface area contributed by atoms with E-state index in [-0.39, 0.29) is 5.92 Å². The number of likely N-dealkylation sites (N-methyl/N-ethyl adjacent to an activating group) is 1. The Kier molecular flexibility index (Phi) is 6.96. The van der Waals surface area contributed by atoms with Crippen molar-refractivity contribution in [2.24, 2.45) is 5.92 Å². The Labute approximate surface area is 89.1 Å². The molecule has 3 N–H and O–H groups in total. The molecule has 0 saturated heterocycles. The van der Waals surface area contributed by atoms with Crippen molar-refractivity contribution >= 4 is 17.7 Å². The van der Waals surface area contributed by atoms with Gasteiger partial charge in [0.25, 0.3) is 0 Å². The lowest BCUT2D eigenvalue weighted by Crippen LogP contribution is -2.47. The zero-order valence-corrected chi connectivity index (χ0v) is 9.67. The zero-order chi connectivity index (χ0) is 11.1. The second-order valence-corrected chi connectivity index (χ2v) is 4.55. The zero-order valence-electron chi connectivity index (χ0n) is 8.86. The number of aliphatic hydroxyl groups excluding tert-OH is 1. The summed E-state index contributed by atoms with van der Waals surface area (Å²) in [5, 5.41) is 21.1. The van der Waals surface area contributed by atoms with E-state index >= 15 is 0 Å². The Morgan fingerprint density at radius 3 is 2.50 bits per heavy atom. The third-order valence-corrected chi connectivity index (χ3v) is 3.26. The predicted molar refractivity (Wildman–Crippen MR) is 58.7 cm³/mol. The van der Waals surface area contributed by atoms with E-state index in [4.69, 9.17) is 5.11 Å². The Bertz CT molecular complexity index is 177. The van der Waals surface area contributed by atoms with E-state index in [1.54, 1.807) is 18.8 Å². The first-order valence-corrected chi connectivity index (χ1v) is 5.85. The van der Waals surface area contributed by atoms with Crippen molar-refractivity contribution in [3.63, 3.8) is 0 Å². The van der Waals surface area contributed by atoms with Crippen LogP contribution in [0, 0.1) is 5.92 Å². The highest BCUT2D eigenvalue weighted by Gasteiger charge is 2.28. The normalized spacial score (nSPS) is 17.4. The van der Waals surface area contributed by atoms with Gasteiger partial charge in [0.15, 0.2) is 0 Å². The van der Waals surface area contributed by atoms with Gasteiger partial charge >= 0.3 is 5.97 Å². The molecule has 0 radical (unpaired) electrons. The molecule has 0 heterocycles. The third kappa shape index (κ3) is 4.30. The molecule has 0 amide bonds. The van der Waals surface area contributed by atoms with Crippen LogP contribution in [0.4, 0.5) is 0 Å². The van der Waals surface area contributed by atoms with Crippen LogP contribution in [0.3, 0.4) is 0 Å². The number of carboxylic acids is 1. The number of rotatable bonds is 7. The summed E-state index contributed by atoms with van der Waals surface area (Å²) in [7, 11) is 1.54. The summed E-state index contributed by atoms with van der Waals surface area (Å²) in [4.78, 5) is 10.7. The average molecular weight is 221 g/mol. The molecule has 0 aromatic carbocycles. The van der Waals surface area contributed by atoms with Crippen LogP contribution in [0.1, 0.15) is 13.8 Å². The number of hydrogen-bond donors (Lipinski definition) is 3. The Balaban J connectivity index is 4.12. The lowest BCUT2D eigenvalue weighted by atomic mass is 10.00. The maximum Gasteiger partial charge on any atom is 0.323 e. The van der Waals surface area contributed by atoms with Crippen LogP contribution in [0.2, 0.25) is 0 Å². The van der Waals surface area contributed by atoms with Gasteiger partial charge in [0.05, 0.1) is 6.10 Å². The molecule has 0 aliphatic rings. The molecule has 3 atom stereocenters. The fourth-order valence-electron chi connectivity index (χ4n) is 1.17. The van der Waals surface area contributed by atoms with E-state index in [2.05, 4.69) is 5.32 Å². The Morgan fingerprint density at radius 2 is 2.14 bits per heavy atom. The molecule has 84 valence electrons. The van der Waals surface area contributed by atoms with E-state index in [0.717, 1.165) is 11.5 Å². The molecule has 14 heavy (non-hydrogen) atoms. The highest BCUT2D eigenvalue weighted by atomic mass is 32.2. The van der Waals surface area contributed by atoms with Crippen LogP contribution in [0.5, 0.6) is 0 Å². The molecular weight excluding hydrogens is 202 g/mol. The first-order valence-electron chi connectivity index (χ1n) is 4.70. The van der Waals surface area contributed by atoms with Crippen LogP contribution >= 0.6 is 11.8 Å². The van der Waals surface area contributed by atoms with Crippen molar-refractivity contribution in [2.75, 3.05) is 18.6 Å². The minimum atomic E-state index is -1.01. The van der Waals surface area contributed by atoms with Gasteiger partial charge in [-0.3, -0.25) is 4.79 Å². The van der Waals surface area contributed by atoms with E-state index in [9.17, 15) is 9.90 Å². The molecule has 5 heteroatoms. The molecule has 0 aliphatic heterocycles. The molecule has 0 aromatic rings. The molecule has 0 unspecified atom stereocenters. The van der Waals surface area contributed by atoms with Crippen molar-refractivity contribution in [3.05, 3.63) is 0 Å². The number of aliphatic hydroxyl groups is 1. The monoisotopic (exact) mass is 221 g/mol. The van der Waals surface area contributed by atoms with Gasteiger partial charge in [0.1, 0.15) is 6.04 Å². The first kappa shape index (κ1) is 13.7. The van der Waals surface area contributed by atoms with E-state index < -0.39 is 18.1 Å². The quantitative estimate of drug-likeness (QED) is 0.581. The summed E-state index contributed by atoms with van der Waals surface area (Å²) in [6.45, 7) is 3.90. The molecule has 0 saturated carbocycles. The van der Waals surface area contributed by atoms with E-state index in [1.807, 2.05) is 13.8 Å². The maximum atomic E-state index is 10.7. The van der Waals surface area contributed by atoms with Gasteiger partial charge in [-0.1, -0.05) is 13.8 Å². The predicted octanol–water partition coefficient (Wildman–Crippen LogP) is 0.409. The minimum Gasteiger partial charge on any atom is -0.480 e. The molecule has 0 rings (SSSR count). The van der Waals surface area contributed by atoms with Crippen molar-refractivity contribution in [2.45, 2.75) is 26.0 Å². The molecular formula is C9H19NO3S. The van der Waals surface area contributed by atoms with E-state index in [0.29, 0.717) is 0 Å². The van der Waals surface area contributed by atoms with Gasteiger partial charge in [0.2, 0.25) is 0 Å². The van der Waals surface area contributed by atoms with Crippen LogP contribution < -0.4 is 5.32 Å². The van der Waals surface area contributed by atoms with Crippen LogP contribution in [-0.4, -0.2) is 46.9 Å². The SMILES string of the molecule is CCSC[C@H](C)[C@@H](O)[C@H](NC)C(=O)O. The topological polar surface area (TPSA) is 69.6 Å². The number of thioether (sulfide) groups is 1. The molecule has 0 bridgehead atoms. The maximum absolute atomic E-state index is 10.7. The van der Waals surface area contributed by atoms with Gasteiger partial charge in [-0.15, -0.1) is 0 Å². The van der Waals surface area contributed by atoms with Gasteiger partial charge in [-0.2, -0.15) is 11.8 Å². The van der Waals surface area contributed by atoms with Gasteiger partial charge in [0, 0.05) is 0 Å². The van der Waals surface area contributed by atoms with E-state index in [1.165, 1.54) is 0 Å². The lowest BCUT2D eigenvalue weighted by molar-refractivity contribution is -0.143. The molecule has 0 fully saturated rings. The summed E-state index contributed by atoms with van der Waals surface area (Å²) >= 11 is 1.70. The summed E-state index contributed by atoms with van der Waals surface area (Å²) in [6, 6.07) is -0.873. The molecule has 0 aromatic heterocycles. The van der Waals surface area contributed by atoms with Gasteiger partial charge in [-0.25, -0.2) is 0 Å². The summed E-state index contributed by atoms with van der Waals surface area (Å²) in [5.74, 6) is 0.735. The smallest absolute Gasteiger partial charge is 0.323 e. The molecule has 4 nitrogen and oxygen atoms in total. The van der Waals surface area contributed by atoms with Crippen LogP contribution in [-0.2, 0) is 4.79 Å². The first-order chi connectivity index (χ1) is 6.54. The third-order valence-electron chi connectivity index (χ3n) is 2.09. The molecule has 0 spiro atoms. The highest BCUT2D eigenvalue weighted by Crippen LogP contribution is 2.14. The van der Waals surface area contributed by atoms with Crippen molar-refractivity contribution < 1.29 is 15.0 Å². The van der Waals surface area contributed by atoms with Crippen LogP contribution in [0.25, 0.3) is 0 Å². The average Bonchev–Trinajstić information content (AvgIpc) is 2.14. The van der Waals surface area contributed by atoms with Crippen molar-refractivity contribution in [1.82, 2.24) is 5.32 Å². The number of hydrogen-bond acceptors (Lipinski definition) is 4. The van der Waals surface area contributed by atoms with Gasteiger partial charge in [-0.05, 0) is 24.5 Å². The minimum absolute atomic E-state index is 0.0199. The number of carbonyl (C=O) groups is 1. The number of carboxylic acid groups (broad SMARTS) is 1. The van der Waals surface area contributed by atoms with Crippen molar-refractivity contribution in [1.29, 1.82) is 0 Å². The number of aliphatic carboxylic acids is 1. The lowest BCUT2D eigenvalue weighted by Gasteiger charge is -2.23. The molecule has 0 aliphatic carbocycles. The Morgan fingerprint density at radius 1 is 1.57 bits per heavy atom. The fourth-order valence-corrected chi connectivity index (χ4v) is 1.98. The Hall–Kier alpha value is -0.260. The number of nitrogens with one attached hydrogen (secondary N) is 1. The van der Waals surface area contributed by atoms with Gasteiger partial charge < -0.3 is 15.5 Å². The highest BCUT2D eigenvalue weighted by molar-refractivity contribution is 7.99. The summed E-state index contributed by atoms with van der Waals surface area (Å²) < 4.78 is 0.